The van der Waals surface area contributed by atoms with Crippen LogP contribution in [0.3, 0.4) is 0 Å². The topological polar surface area (TPSA) is 89.6 Å². The first-order valence-corrected chi connectivity index (χ1v) is 4.22. The van der Waals surface area contributed by atoms with Crippen molar-refractivity contribution < 1.29 is 19.4 Å². The molecule has 0 atom stereocenters. The number of esters is 1. The van der Waals surface area contributed by atoms with Gasteiger partial charge in [0.15, 0.2) is 0 Å². The molecule has 0 fully saturated rings. The minimum atomic E-state index is -1.33. The van der Waals surface area contributed by atoms with E-state index in [4.69, 9.17) is 14.6 Å². The molecule has 0 aromatic carbocycles. The Morgan fingerprint density at radius 1 is 1.50 bits per heavy atom. The minimum absolute atomic E-state index is 0.284. The maximum absolute atomic E-state index is 10.7. The number of amides is 1. The Labute approximate surface area is 83.5 Å². The van der Waals surface area contributed by atoms with Gasteiger partial charge in [0.05, 0.1) is 6.61 Å². The first-order valence-electron chi connectivity index (χ1n) is 4.22. The zero-order valence-corrected chi connectivity index (χ0v) is 8.58. The summed E-state index contributed by atoms with van der Waals surface area (Å²) in [5.41, 5.74) is 4.50. The summed E-state index contributed by atoms with van der Waals surface area (Å²) in [6.07, 6.45) is 0.641. The lowest BCUT2D eigenvalue weighted by Crippen LogP contribution is -2.05. The molecule has 3 N–H and O–H groups in total. The molecule has 0 spiro atoms. The van der Waals surface area contributed by atoms with Crippen molar-refractivity contribution in [2.45, 2.75) is 26.7 Å². The second-order valence-corrected chi connectivity index (χ2v) is 2.61. The molecule has 0 radical (unpaired) electrons. The van der Waals surface area contributed by atoms with Crippen LogP contribution in [0.25, 0.3) is 0 Å². The van der Waals surface area contributed by atoms with Crippen molar-refractivity contribution in [2.75, 3.05) is 6.61 Å². The van der Waals surface area contributed by atoms with E-state index in [2.05, 4.69) is 19.2 Å². The lowest BCUT2D eigenvalue weighted by atomic mass is 10.3. The molecule has 1 amide bonds. The fourth-order valence-corrected chi connectivity index (χ4v) is 0.432. The van der Waals surface area contributed by atoms with E-state index >= 15 is 0 Å². The average Bonchev–Trinajstić information content (AvgIpc) is 2.03. The van der Waals surface area contributed by atoms with E-state index in [0.717, 1.165) is 12.8 Å². The molecule has 5 nitrogen and oxygen atoms in total. The molecule has 0 saturated carbocycles. The third kappa shape index (κ3) is 16.8. The van der Waals surface area contributed by atoms with E-state index in [-0.39, 0.29) is 5.97 Å². The Hall–Kier alpha value is -1.52. The third-order valence-electron chi connectivity index (χ3n) is 1.08. The fourth-order valence-electron chi connectivity index (χ4n) is 0.432. The predicted molar refractivity (Wildman–Crippen MR) is 52.9 cm³/mol. The second kappa shape index (κ2) is 9.57. The van der Waals surface area contributed by atoms with Gasteiger partial charge in [-0.05, 0) is 13.3 Å². The molecule has 0 unspecified atom stereocenters. The van der Waals surface area contributed by atoms with Crippen molar-refractivity contribution >= 4 is 12.1 Å². The average molecular weight is 203 g/mol. The van der Waals surface area contributed by atoms with Gasteiger partial charge in [0.25, 0.3) is 0 Å². The van der Waals surface area contributed by atoms with E-state index in [9.17, 15) is 4.79 Å². The Bertz CT molecular complexity index is 197. The number of carbonyl (C=O) groups is 2. The van der Waals surface area contributed by atoms with Gasteiger partial charge in [-0.25, -0.2) is 9.59 Å². The lowest BCUT2D eigenvalue weighted by molar-refractivity contribution is -0.139. The number of carbonyl (C=O) groups excluding carboxylic acids is 1. The third-order valence-corrected chi connectivity index (χ3v) is 1.08. The summed E-state index contributed by atoms with van der Waals surface area (Å²) < 4.78 is 4.81. The van der Waals surface area contributed by atoms with Gasteiger partial charge in [-0.15, -0.1) is 0 Å². The van der Waals surface area contributed by atoms with Crippen LogP contribution < -0.4 is 5.73 Å². The van der Waals surface area contributed by atoms with Gasteiger partial charge in [0, 0.05) is 5.57 Å². The monoisotopic (exact) mass is 203 g/mol. The molecule has 0 aromatic rings. The fraction of sp³-hybridized carbons (Fsp3) is 0.556. The Kier molecular flexibility index (Phi) is 10.2. The van der Waals surface area contributed by atoms with Crippen molar-refractivity contribution in [2.24, 2.45) is 5.73 Å². The quantitative estimate of drug-likeness (QED) is 0.412. The Morgan fingerprint density at radius 3 is 2.21 bits per heavy atom. The van der Waals surface area contributed by atoms with Crippen LogP contribution in [0.2, 0.25) is 0 Å². The van der Waals surface area contributed by atoms with Crippen molar-refractivity contribution in [1.82, 2.24) is 0 Å². The molecule has 0 aromatic heterocycles. The van der Waals surface area contributed by atoms with Crippen LogP contribution in [0.5, 0.6) is 0 Å². The van der Waals surface area contributed by atoms with Gasteiger partial charge in [0.1, 0.15) is 0 Å². The van der Waals surface area contributed by atoms with Crippen LogP contribution in [0.4, 0.5) is 4.79 Å². The number of rotatable bonds is 4. The van der Waals surface area contributed by atoms with Gasteiger partial charge in [-0.1, -0.05) is 19.9 Å². The van der Waals surface area contributed by atoms with Crippen LogP contribution in [0, 0.1) is 0 Å². The van der Waals surface area contributed by atoms with Crippen LogP contribution in [-0.4, -0.2) is 23.8 Å². The van der Waals surface area contributed by atoms with Crippen LogP contribution in [0.1, 0.15) is 26.7 Å². The second-order valence-electron chi connectivity index (χ2n) is 2.61. The first kappa shape index (κ1) is 15.0. The molecule has 0 heterocycles. The molecule has 14 heavy (non-hydrogen) atoms. The number of hydrogen-bond acceptors (Lipinski definition) is 3. The van der Waals surface area contributed by atoms with Gasteiger partial charge < -0.3 is 15.6 Å². The number of hydrogen-bond donors (Lipinski definition) is 2. The summed E-state index contributed by atoms with van der Waals surface area (Å²) >= 11 is 0. The Balaban J connectivity index is 0. The summed E-state index contributed by atoms with van der Waals surface area (Å²) in [6.45, 7) is 7.67. The molecule has 5 heteroatoms. The SMILES string of the molecule is C=C(C)C(=O)OCCCC.NC(=O)O. The molecule has 0 aliphatic carbocycles. The molecule has 82 valence electrons. The highest BCUT2D eigenvalue weighted by Crippen LogP contribution is 1.94. The van der Waals surface area contributed by atoms with E-state index in [0.29, 0.717) is 12.2 Å². The van der Waals surface area contributed by atoms with Gasteiger partial charge >= 0.3 is 12.1 Å². The number of ether oxygens (including phenoxy) is 1. The van der Waals surface area contributed by atoms with E-state index in [1.165, 1.54) is 0 Å². The summed E-state index contributed by atoms with van der Waals surface area (Å²) in [4.78, 5) is 19.5. The summed E-state index contributed by atoms with van der Waals surface area (Å²) in [5.74, 6) is -0.284. The van der Waals surface area contributed by atoms with Gasteiger partial charge in [-0.3, -0.25) is 0 Å². The smallest absolute Gasteiger partial charge is 0.402 e. The normalized spacial score (nSPS) is 8.14. The molecule has 0 bridgehead atoms. The summed E-state index contributed by atoms with van der Waals surface area (Å²) in [5, 5.41) is 7.19. The van der Waals surface area contributed by atoms with Crippen molar-refractivity contribution in [3.63, 3.8) is 0 Å². The molecule has 0 aliphatic heterocycles. The number of unbranched alkanes of at least 4 members (excludes halogenated alkanes) is 1. The molecule has 0 rings (SSSR count). The highest BCUT2D eigenvalue weighted by atomic mass is 16.5. The summed E-state index contributed by atoms with van der Waals surface area (Å²) in [6, 6.07) is 0. The maximum atomic E-state index is 10.7. The lowest BCUT2D eigenvalue weighted by Gasteiger charge is -2.01. The molecule has 0 saturated heterocycles. The van der Waals surface area contributed by atoms with E-state index in [1.54, 1.807) is 6.92 Å². The van der Waals surface area contributed by atoms with E-state index < -0.39 is 6.09 Å². The number of nitrogens with two attached hydrogens (primary N) is 1. The zero-order valence-electron chi connectivity index (χ0n) is 8.58. The summed E-state index contributed by atoms with van der Waals surface area (Å²) in [7, 11) is 0. The van der Waals surface area contributed by atoms with Gasteiger partial charge in [-0.2, -0.15) is 0 Å². The minimum Gasteiger partial charge on any atom is -0.465 e. The van der Waals surface area contributed by atoms with Crippen LogP contribution >= 0.6 is 0 Å². The highest BCUT2D eigenvalue weighted by molar-refractivity contribution is 5.86. The van der Waals surface area contributed by atoms with E-state index in [1.807, 2.05) is 0 Å². The molecular formula is C9H17NO4. The molecule has 0 aliphatic rings. The van der Waals surface area contributed by atoms with Gasteiger partial charge in [0.2, 0.25) is 0 Å². The highest BCUT2D eigenvalue weighted by Gasteiger charge is 2.00. The first-order chi connectivity index (χ1) is 6.41. The molecular weight excluding hydrogens is 186 g/mol. The largest absolute Gasteiger partial charge is 0.465 e. The maximum Gasteiger partial charge on any atom is 0.402 e. The van der Waals surface area contributed by atoms with Crippen LogP contribution in [-0.2, 0) is 9.53 Å². The predicted octanol–water partition coefficient (Wildman–Crippen LogP) is 1.53. The number of primary amides is 1. The standard InChI is InChI=1S/C8H14O2.CH3NO2/c1-4-5-6-10-8(9)7(2)3;2-1(3)4/h2,4-6H2,1,3H3;2H2,(H,3,4). The van der Waals surface area contributed by atoms with Crippen LogP contribution in [0.15, 0.2) is 12.2 Å². The Morgan fingerprint density at radius 2 is 1.93 bits per heavy atom. The zero-order chi connectivity index (χ0) is 11.6. The van der Waals surface area contributed by atoms with Crippen molar-refractivity contribution in [1.29, 1.82) is 0 Å². The number of carboxylic acid groups (broad SMARTS) is 1. The van der Waals surface area contributed by atoms with Crippen molar-refractivity contribution in [3.8, 4) is 0 Å². The van der Waals surface area contributed by atoms with Crippen molar-refractivity contribution in [3.05, 3.63) is 12.2 Å².